The van der Waals surface area contributed by atoms with Crippen LogP contribution in [0.3, 0.4) is 0 Å². The number of pyridine rings is 1. The molecular formula is C18H11BrF3N. The zero-order valence-electron chi connectivity index (χ0n) is 11.8. The van der Waals surface area contributed by atoms with Gasteiger partial charge in [-0.1, -0.05) is 58.4 Å². The summed E-state index contributed by atoms with van der Waals surface area (Å²) in [6.07, 6.45) is -4.49. The largest absolute Gasteiger partial charge is 0.433 e. The molecule has 23 heavy (non-hydrogen) atoms. The summed E-state index contributed by atoms with van der Waals surface area (Å²) in [5.41, 5.74) is 1.25. The van der Waals surface area contributed by atoms with Gasteiger partial charge in [-0.05, 0) is 35.4 Å². The fourth-order valence-corrected chi connectivity index (χ4v) is 2.51. The van der Waals surface area contributed by atoms with Crippen molar-refractivity contribution in [1.29, 1.82) is 0 Å². The molecule has 0 spiro atoms. The van der Waals surface area contributed by atoms with Crippen LogP contribution < -0.4 is 0 Å². The van der Waals surface area contributed by atoms with Gasteiger partial charge in [0.05, 0.1) is 5.69 Å². The highest BCUT2D eigenvalue weighted by Crippen LogP contribution is 2.34. The molecule has 0 aliphatic heterocycles. The third kappa shape index (κ3) is 3.62. The average Bonchev–Trinajstić information content (AvgIpc) is 2.55. The van der Waals surface area contributed by atoms with E-state index in [2.05, 4.69) is 20.9 Å². The molecule has 0 atom stereocenters. The first-order valence-corrected chi connectivity index (χ1v) is 7.63. The van der Waals surface area contributed by atoms with E-state index in [1.807, 2.05) is 6.07 Å². The van der Waals surface area contributed by atoms with Gasteiger partial charge in [0.15, 0.2) is 0 Å². The summed E-state index contributed by atoms with van der Waals surface area (Å²) in [7, 11) is 0. The first kappa shape index (κ1) is 15.7. The summed E-state index contributed by atoms with van der Waals surface area (Å²) in [6, 6.07) is 18.8. The van der Waals surface area contributed by atoms with Crippen molar-refractivity contribution in [2.45, 2.75) is 6.18 Å². The molecular weight excluding hydrogens is 367 g/mol. The van der Waals surface area contributed by atoms with Crippen LogP contribution in [-0.2, 0) is 6.18 Å². The zero-order chi connectivity index (χ0) is 16.4. The smallest absolute Gasteiger partial charge is 0.243 e. The van der Waals surface area contributed by atoms with E-state index in [0.717, 1.165) is 16.1 Å². The Morgan fingerprint density at radius 2 is 1.39 bits per heavy atom. The molecule has 0 aliphatic carbocycles. The maximum Gasteiger partial charge on any atom is 0.433 e. The normalized spacial score (nSPS) is 11.5. The molecule has 3 rings (SSSR count). The quantitative estimate of drug-likeness (QED) is 0.518. The Balaban J connectivity index is 2.18. The van der Waals surface area contributed by atoms with Crippen molar-refractivity contribution < 1.29 is 13.2 Å². The van der Waals surface area contributed by atoms with Crippen LogP contribution >= 0.6 is 15.9 Å². The Kier molecular flexibility index (Phi) is 4.22. The summed E-state index contributed by atoms with van der Waals surface area (Å²) in [5.74, 6) is 0. The molecule has 0 fully saturated rings. The molecule has 0 saturated carbocycles. The number of benzene rings is 2. The van der Waals surface area contributed by atoms with E-state index in [1.165, 1.54) is 0 Å². The molecule has 0 radical (unpaired) electrons. The van der Waals surface area contributed by atoms with Crippen molar-refractivity contribution in [2.75, 3.05) is 0 Å². The van der Waals surface area contributed by atoms with Crippen molar-refractivity contribution in [3.8, 4) is 22.4 Å². The van der Waals surface area contributed by atoms with Gasteiger partial charge in [-0.25, -0.2) is 4.98 Å². The lowest BCUT2D eigenvalue weighted by Crippen LogP contribution is -2.08. The summed E-state index contributed by atoms with van der Waals surface area (Å²) < 4.78 is 40.4. The van der Waals surface area contributed by atoms with Gasteiger partial charge in [-0.15, -0.1) is 0 Å². The summed E-state index contributed by atoms with van der Waals surface area (Å²) in [5, 5.41) is 0. The second kappa shape index (κ2) is 6.16. The summed E-state index contributed by atoms with van der Waals surface area (Å²) in [4.78, 5) is 3.79. The Morgan fingerprint density at radius 3 is 2.00 bits per heavy atom. The zero-order valence-corrected chi connectivity index (χ0v) is 13.4. The Hall–Kier alpha value is -2.14. The molecule has 5 heteroatoms. The minimum Gasteiger partial charge on any atom is -0.243 e. The third-order valence-corrected chi connectivity index (χ3v) is 3.89. The number of rotatable bonds is 2. The lowest BCUT2D eigenvalue weighted by atomic mass is 10.0. The molecule has 1 aromatic heterocycles. The van der Waals surface area contributed by atoms with Gasteiger partial charge in [-0.2, -0.15) is 13.2 Å². The van der Waals surface area contributed by atoms with Gasteiger partial charge >= 0.3 is 6.18 Å². The summed E-state index contributed by atoms with van der Waals surface area (Å²) >= 11 is 3.31. The Morgan fingerprint density at radius 1 is 0.739 bits per heavy atom. The topological polar surface area (TPSA) is 12.9 Å². The minimum absolute atomic E-state index is 0.297. The highest BCUT2D eigenvalue weighted by molar-refractivity contribution is 9.10. The molecule has 3 aromatic rings. The Bertz CT molecular complexity index is 812. The predicted molar refractivity (Wildman–Crippen MR) is 87.8 cm³/mol. The second-order valence-corrected chi connectivity index (χ2v) is 5.91. The van der Waals surface area contributed by atoms with Gasteiger partial charge < -0.3 is 0 Å². The number of hydrogen-bond donors (Lipinski definition) is 0. The molecule has 0 N–H and O–H groups in total. The lowest BCUT2D eigenvalue weighted by Gasteiger charge is -2.12. The predicted octanol–water partition coefficient (Wildman–Crippen LogP) is 6.20. The van der Waals surface area contributed by atoms with Gasteiger partial charge in [-0.3, -0.25) is 0 Å². The highest BCUT2D eigenvalue weighted by atomic mass is 79.9. The molecule has 0 saturated heterocycles. The highest BCUT2D eigenvalue weighted by Gasteiger charge is 2.33. The van der Waals surface area contributed by atoms with E-state index in [1.54, 1.807) is 54.6 Å². The lowest BCUT2D eigenvalue weighted by molar-refractivity contribution is -0.141. The number of halogens is 4. The molecule has 1 nitrogen and oxygen atoms in total. The van der Waals surface area contributed by atoms with Gasteiger partial charge in [0.1, 0.15) is 5.69 Å². The van der Waals surface area contributed by atoms with Crippen LogP contribution in [0.2, 0.25) is 0 Å². The monoisotopic (exact) mass is 377 g/mol. The molecule has 0 bridgehead atoms. The van der Waals surface area contributed by atoms with Crippen LogP contribution in [0.15, 0.2) is 71.2 Å². The minimum atomic E-state index is -4.49. The van der Waals surface area contributed by atoms with E-state index < -0.39 is 11.9 Å². The molecule has 0 unspecified atom stereocenters. The van der Waals surface area contributed by atoms with Gasteiger partial charge in [0.2, 0.25) is 0 Å². The van der Waals surface area contributed by atoms with E-state index in [4.69, 9.17) is 0 Å². The number of alkyl halides is 3. The van der Waals surface area contributed by atoms with Crippen LogP contribution in [0.1, 0.15) is 5.69 Å². The average molecular weight is 378 g/mol. The standard InChI is InChI=1S/C18H11BrF3N/c19-15-8-6-13(7-9-15)16-10-14(12-4-2-1-3-5-12)11-17(23-16)18(20,21)22/h1-11H. The van der Waals surface area contributed by atoms with Gasteiger partial charge in [0, 0.05) is 10.0 Å². The molecule has 116 valence electrons. The van der Waals surface area contributed by atoms with E-state index in [0.29, 0.717) is 16.8 Å². The Labute approximate surface area is 139 Å². The van der Waals surface area contributed by atoms with Crippen molar-refractivity contribution in [3.05, 3.63) is 76.9 Å². The van der Waals surface area contributed by atoms with Gasteiger partial charge in [0.25, 0.3) is 0 Å². The third-order valence-electron chi connectivity index (χ3n) is 3.36. The maximum absolute atomic E-state index is 13.2. The van der Waals surface area contributed by atoms with Crippen LogP contribution in [0.5, 0.6) is 0 Å². The van der Waals surface area contributed by atoms with E-state index in [-0.39, 0.29) is 0 Å². The van der Waals surface area contributed by atoms with Crippen molar-refractivity contribution in [3.63, 3.8) is 0 Å². The molecule has 1 heterocycles. The van der Waals surface area contributed by atoms with Crippen molar-refractivity contribution >= 4 is 15.9 Å². The molecule has 0 aliphatic rings. The fraction of sp³-hybridized carbons (Fsp3) is 0.0556. The van der Waals surface area contributed by atoms with Crippen LogP contribution in [0.25, 0.3) is 22.4 Å². The van der Waals surface area contributed by atoms with Crippen LogP contribution in [-0.4, -0.2) is 4.98 Å². The second-order valence-electron chi connectivity index (χ2n) is 5.00. The first-order chi connectivity index (χ1) is 10.9. The van der Waals surface area contributed by atoms with Crippen molar-refractivity contribution in [2.24, 2.45) is 0 Å². The number of nitrogens with zero attached hydrogens (tertiary/aromatic N) is 1. The van der Waals surface area contributed by atoms with E-state index >= 15 is 0 Å². The number of aromatic nitrogens is 1. The van der Waals surface area contributed by atoms with Crippen LogP contribution in [0, 0.1) is 0 Å². The first-order valence-electron chi connectivity index (χ1n) is 6.84. The maximum atomic E-state index is 13.2. The number of hydrogen-bond acceptors (Lipinski definition) is 1. The van der Waals surface area contributed by atoms with Crippen molar-refractivity contribution in [1.82, 2.24) is 4.98 Å². The summed E-state index contributed by atoms with van der Waals surface area (Å²) in [6.45, 7) is 0. The molecule has 2 aromatic carbocycles. The SMILES string of the molecule is FC(F)(F)c1cc(-c2ccccc2)cc(-c2ccc(Br)cc2)n1. The fourth-order valence-electron chi connectivity index (χ4n) is 2.24. The van der Waals surface area contributed by atoms with E-state index in [9.17, 15) is 13.2 Å². The molecule has 0 amide bonds. The van der Waals surface area contributed by atoms with Crippen LogP contribution in [0.4, 0.5) is 13.2 Å².